The summed E-state index contributed by atoms with van der Waals surface area (Å²) < 4.78 is 5.02. The van der Waals surface area contributed by atoms with Gasteiger partial charge in [0.15, 0.2) is 5.78 Å². The van der Waals surface area contributed by atoms with Crippen LogP contribution in [0.2, 0.25) is 0 Å². The largest absolute Gasteiger partial charge is 0.458 e. The third-order valence-electron chi connectivity index (χ3n) is 8.80. The molecule has 4 nitrogen and oxygen atoms in total. The monoisotopic (exact) mass is 374 g/mol. The molecule has 4 aliphatic rings. The highest BCUT2D eigenvalue weighted by atomic mass is 16.5. The number of fused-ring (bicyclic) bond motifs is 5. The van der Waals surface area contributed by atoms with Crippen molar-refractivity contribution in [2.75, 3.05) is 6.61 Å². The number of hydrogen-bond donors (Lipinski definition) is 1. The fourth-order valence-electron chi connectivity index (χ4n) is 7.31. The molecule has 0 saturated heterocycles. The fraction of sp³-hybridized carbons (Fsp3) is 0.826. The second kappa shape index (κ2) is 6.72. The third-order valence-corrected chi connectivity index (χ3v) is 8.80. The van der Waals surface area contributed by atoms with Crippen molar-refractivity contribution in [3.8, 4) is 0 Å². The molecule has 3 fully saturated rings. The maximum atomic E-state index is 12.8. The van der Waals surface area contributed by atoms with E-state index in [-0.39, 0.29) is 41.2 Å². The van der Waals surface area contributed by atoms with Crippen molar-refractivity contribution in [2.45, 2.75) is 78.2 Å². The van der Waals surface area contributed by atoms with Gasteiger partial charge in [0.25, 0.3) is 0 Å². The number of aliphatic hydroxyl groups excluding tert-OH is 1. The minimum atomic E-state index is -0.375. The van der Waals surface area contributed by atoms with E-state index in [0.717, 1.165) is 38.5 Å². The van der Waals surface area contributed by atoms with E-state index in [4.69, 9.17) is 4.74 Å². The van der Waals surface area contributed by atoms with Gasteiger partial charge in [0.2, 0.25) is 0 Å². The van der Waals surface area contributed by atoms with E-state index in [9.17, 15) is 14.7 Å². The van der Waals surface area contributed by atoms with Gasteiger partial charge in [0, 0.05) is 12.8 Å². The summed E-state index contributed by atoms with van der Waals surface area (Å²) in [6, 6.07) is 0. The lowest BCUT2D eigenvalue weighted by molar-refractivity contribution is -0.148. The summed E-state index contributed by atoms with van der Waals surface area (Å²) in [6.45, 7) is 6.03. The molecule has 0 bridgehead atoms. The van der Waals surface area contributed by atoms with Gasteiger partial charge in [0.1, 0.15) is 6.61 Å². The van der Waals surface area contributed by atoms with E-state index in [1.165, 1.54) is 19.8 Å². The summed E-state index contributed by atoms with van der Waals surface area (Å²) in [7, 11) is 0. The van der Waals surface area contributed by atoms with Crippen LogP contribution in [-0.4, -0.2) is 29.6 Å². The fourth-order valence-corrected chi connectivity index (χ4v) is 7.31. The number of esters is 1. The van der Waals surface area contributed by atoms with Gasteiger partial charge in [0.05, 0.1) is 6.10 Å². The second-order valence-electron chi connectivity index (χ2n) is 10.1. The van der Waals surface area contributed by atoms with Gasteiger partial charge in [-0.05, 0) is 80.0 Å². The summed E-state index contributed by atoms with van der Waals surface area (Å²) in [4.78, 5) is 23.9. The van der Waals surface area contributed by atoms with Crippen LogP contribution in [0.15, 0.2) is 11.6 Å². The highest BCUT2D eigenvalue weighted by molar-refractivity contribution is 5.85. The van der Waals surface area contributed by atoms with Gasteiger partial charge < -0.3 is 9.84 Å². The van der Waals surface area contributed by atoms with Crippen LogP contribution in [0.3, 0.4) is 0 Å². The highest BCUT2D eigenvalue weighted by Crippen LogP contribution is 2.65. The van der Waals surface area contributed by atoms with Crippen molar-refractivity contribution < 1.29 is 19.4 Å². The topological polar surface area (TPSA) is 63.6 Å². The molecule has 0 heterocycles. The quantitative estimate of drug-likeness (QED) is 0.598. The van der Waals surface area contributed by atoms with Crippen molar-refractivity contribution in [1.29, 1.82) is 0 Å². The van der Waals surface area contributed by atoms with E-state index in [1.807, 2.05) is 0 Å². The molecule has 0 aromatic carbocycles. The van der Waals surface area contributed by atoms with E-state index >= 15 is 0 Å². The Kier molecular flexibility index (Phi) is 4.77. The summed E-state index contributed by atoms with van der Waals surface area (Å²) in [6.07, 6.45) is 10.7. The molecule has 0 spiro atoms. The third kappa shape index (κ3) is 2.99. The molecule has 4 rings (SSSR count). The summed E-state index contributed by atoms with van der Waals surface area (Å²) >= 11 is 0. The zero-order chi connectivity index (χ0) is 19.4. The minimum Gasteiger partial charge on any atom is -0.458 e. The number of rotatable bonds is 3. The zero-order valence-electron chi connectivity index (χ0n) is 17.0. The predicted octanol–water partition coefficient (Wildman–Crippen LogP) is 4.06. The van der Waals surface area contributed by atoms with Crippen LogP contribution < -0.4 is 0 Å². The lowest BCUT2D eigenvalue weighted by Gasteiger charge is -2.56. The van der Waals surface area contributed by atoms with Gasteiger partial charge >= 0.3 is 5.97 Å². The SMILES string of the molecule is CC(=O)OCC(=O)[C@H]1CC[C@H]2[C@@H]3CC[C@H]4C[C@H](O)CC[C@]4(C)C3=CC[C@]12C. The van der Waals surface area contributed by atoms with Gasteiger partial charge in [-0.2, -0.15) is 0 Å². The molecule has 7 atom stereocenters. The second-order valence-corrected chi connectivity index (χ2v) is 10.1. The Labute approximate surface area is 162 Å². The van der Waals surface area contributed by atoms with Gasteiger partial charge in [-0.3, -0.25) is 9.59 Å². The molecule has 4 heteroatoms. The Morgan fingerprint density at radius 1 is 1.19 bits per heavy atom. The molecule has 150 valence electrons. The molecule has 0 aromatic heterocycles. The maximum absolute atomic E-state index is 12.8. The van der Waals surface area contributed by atoms with Gasteiger partial charge in [-0.1, -0.05) is 25.5 Å². The minimum absolute atomic E-state index is 0.00275. The first-order valence-corrected chi connectivity index (χ1v) is 10.8. The standard InChI is InChI=1S/C23H34O4/c1-14(24)27-13-21(26)20-7-6-18-17-5-4-15-12-16(25)8-10-22(15,2)19(17)9-11-23(18,20)3/h9,15-18,20,25H,4-8,10-13H2,1-3H3/t15-,16+,17-,18-,20+,22-,23-/m0/s1. The lowest BCUT2D eigenvalue weighted by atomic mass is 9.48. The first-order chi connectivity index (χ1) is 12.8. The molecular weight excluding hydrogens is 340 g/mol. The van der Waals surface area contributed by atoms with Crippen LogP contribution in [0.5, 0.6) is 0 Å². The van der Waals surface area contributed by atoms with Gasteiger partial charge in [-0.25, -0.2) is 0 Å². The number of ether oxygens (including phenoxy) is 1. The number of allylic oxidation sites excluding steroid dienone is 2. The number of Topliss-reactive ketones (excluding diaryl/α,β-unsaturated/α-hetero) is 1. The first kappa shape index (κ1) is 19.2. The average molecular weight is 375 g/mol. The van der Waals surface area contributed by atoms with Crippen molar-refractivity contribution >= 4 is 11.8 Å². The molecule has 3 saturated carbocycles. The zero-order valence-corrected chi connectivity index (χ0v) is 17.0. The lowest BCUT2D eigenvalue weighted by Crippen LogP contribution is -2.49. The van der Waals surface area contributed by atoms with Crippen molar-refractivity contribution in [1.82, 2.24) is 0 Å². The van der Waals surface area contributed by atoms with Crippen molar-refractivity contribution in [3.05, 3.63) is 11.6 Å². The van der Waals surface area contributed by atoms with Crippen LogP contribution in [0.1, 0.15) is 72.1 Å². The Balaban J connectivity index is 1.57. The molecule has 27 heavy (non-hydrogen) atoms. The Bertz CT molecular complexity index is 667. The molecular formula is C23H34O4. The van der Waals surface area contributed by atoms with Crippen molar-refractivity contribution in [2.24, 2.45) is 34.5 Å². The Morgan fingerprint density at radius 2 is 1.96 bits per heavy atom. The van der Waals surface area contributed by atoms with Crippen molar-refractivity contribution in [3.63, 3.8) is 0 Å². The Morgan fingerprint density at radius 3 is 2.70 bits per heavy atom. The molecule has 0 aliphatic heterocycles. The maximum Gasteiger partial charge on any atom is 0.303 e. The van der Waals surface area contributed by atoms with E-state index < -0.39 is 0 Å². The number of ketones is 1. The molecule has 4 aliphatic carbocycles. The van der Waals surface area contributed by atoms with Crippen LogP contribution in [0, 0.1) is 34.5 Å². The van der Waals surface area contributed by atoms with E-state index in [0.29, 0.717) is 17.8 Å². The highest BCUT2D eigenvalue weighted by Gasteiger charge is 2.58. The summed E-state index contributed by atoms with van der Waals surface area (Å²) in [5.41, 5.74) is 1.88. The molecule has 0 amide bonds. The van der Waals surface area contributed by atoms with E-state index in [1.54, 1.807) is 5.57 Å². The number of carbonyl (C=O) groups excluding carboxylic acids is 2. The predicted molar refractivity (Wildman–Crippen MR) is 103 cm³/mol. The molecule has 0 unspecified atom stereocenters. The average Bonchev–Trinajstić information content (AvgIpc) is 2.97. The molecule has 0 aromatic rings. The van der Waals surface area contributed by atoms with E-state index in [2.05, 4.69) is 19.9 Å². The summed E-state index contributed by atoms with van der Waals surface area (Å²) in [5.74, 6) is 1.50. The number of carbonyl (C=O) groups is 2. The molecule has 0 radical (unpaired) electrons. The van der Waals surface area contributed by atoms with Gasteiger partial charge in [-0.15, -0.1) is 0 Å². The smallest absolute Gasteiger partial charge is 0.303 e. The normalized spacial score (nSPS) is 45.9. The van der Waals surface area contributed by atoms with Crippen LogP contribution >= 0.6 is 0 Å². The van der Waals surface area contributed by atoms with Crippen LogP contribution in [-0.2, 0) is 14.3 Å². The molecule has 1 N–H and O–H groups in total. The number of aliphatic hydroxyl groups is 1. The van der Waals surface area contributed by atoms with Crippen LogP contribution in [0.4, 0.5) is 0 Å². The van der Waals surface area contributed by atoms with Crippen LogP contribution in [0.25, 0.3) is 0 Å². The first-order valence-electron chi connectivity index (χ1n) is 10.8. The Hall–Kier alpha value is -1.16. The number of hydrogen-bond acceptors (Lipinski definition) is 4. The summed E-state index contributed by atoms with van der Waals surface area (Å²) in [5, 5.41) is 10.1.